The molecule has 0 aromatic heterocycles. The van der Waals surface area contributed by atoms with Crippen LogP contribution in [0, 0.1) is 0 Å². The first-order chi connectivity index (χ1) is 11.1. The Balaban J connectivity index is 1.85. The largest absolute Gasteiger partial charge is 0.493 e. The van der Waals surface area contributed by atoms with Crippen LogP contribution in [0.5, 0.6) is 23.0 Å². The molecule has 0 unspecified atom stereocenters. The van der Waals surface area contributed by atoms with Gasteiger partial charge in [-0.25, -0.2) is 0 Å². The van der Waals surface area contributed by atoms with Crippen molar-refractivity contribution in [2.24, 2.45) is 0 Å². The van der Waals surface area contributed by atoms with E-state index in [0.717, 1.165) is 0 Å². The summed E-state index contributed by atoms with van der Waals surface area (Å²) in [6.45, 7) is 0.156. The first-order valence-corrected chi connectivity index (χ1v) is 6.85. The number of hydrogen-bond donors (Lipinski definition) is 2. The number of anilines is 2. The second kappa shape index (κ2) is 5.96. The van der Waals surface area contributed by atoms with E-state index in [2.05, 4.69) is 5.32 Å². The van der Waals surface area contributed by atoms with Crippen LogP contribution in [0.4, 0.5) is 11.4 Å². The first-order valence-electron chi connectivity index (χ1n) is 6.85. The molecular weight excluding hydrogens is 300 g/mol. The molecule has 2 aromatic carbocycles. The van der Waals surface area contributed by atoms with E-state index in [1.807, 2.05) is 0 Å². The molecule has 23 heavy (non-hydrogen) atoms. The minimum absolute atomic E-state index is 0.156. The van der Waals surface area contributed by atoms with Crippen molar-refractivity contribution in [3.63, 3.8) is 0 Å². The molecule has 0 radical (unpaired) electrons. The summed E-state index contributed by atoms with van der Waals surface area (Å²) in [4.78, 5) is 12.4. The number of rotatable bonds is 4. The monoisotopic (exact) mass is 316 g/mol. The number of methoxy groups -OCH3 is 2. The number of nitrogen functional groups attached to an aromatic ring is 1. The fraction of sp³-hybridized carbons (Fsp3) is 0.188. The van der Waals surface area contributed by atoms with Gasteiger partial charge in [0.15, 0.2) is 23.0 Å². The van der Waals surface area contributed by atoms with Crippen LogP contribution >= 0.6 is 0 Å². The Bertz CT molecular complexity index is 760. The van der Waals surface area contributed by atoms with Crippen molar-refractivity contribution in [2.45, 2.75) is 0 Å². The van der Waals surface area contributed by atoms with Crippen molar-refractivity contribution in [2.75, 3.05) is 32.1 Å². The molecule has 2 aromatic rings. The molecule has 1 aliphatic rings. The number of nitrogens with two attached hydrogens (primary N) is 1. The van der Waals surface area contributed by atoms with Crippen LogP contribution in [-0.4, -0.2) is 26.9 Å². The third-order valence-electron chi connectivity index (χ3n) is 3.44. The van der Waals surface area contributed by atoms with E-state index in [9.17, 15) is 4.79 Å². The van der Waals surface area contributed by atoms with E-state index >= 15 is 0 Å². The molecule has 0 bridgehead atoms. The second-order valence-corrected chi connectivity index (χ2v) is 4.82. The topological polar surface area (TPSA) is 92.0 Å². The number of hydrogen-bond acceptors (Lipinski definition) is 6. The Morgan fingerprint density at radius 1 is 1.09 bits per heavy atom. The van der Waals surface area contributed by atoms with Gasteiger partial charge in [-0.05, 0) is 18.2 Å². The second-order valence-electron chi connectivity index (χ2n) is 4.82. The zero-order valence-corrected chi connectivity index (χ0v) is 12.7. The maximum absolute atomic E-state index is 12.4. The molecule has 7 heteroatoms. The molecule has 0 saturated heterocycles. The minimum atomic E-state index is -0.317. The predicted octanol–water partition coefficient (Wildman–Crippen LogP) is 2.27. The van der Waals surface area contributed by atoms with Crippen LogP contribution in [-0.2, 0) is 0 Å². The molecule has 0 spiro atoms. The molecule has 0 fully saturated rings. The molecule has 7 nitrogen and oxygen atoms in total. The van der Waals surface area contributed by atoms with Crippen LogP contribution < -0.4 is 30.0 Å². The van der Waals surface area contributed by atoms with Crippen LogP contribution in [0.3, 0.4) is 0 Å². The Morgan fingerprint density at radius 3 is 2.52 bits per heavy atom. The number of carbonyl (C=O) groups is 1. The Labute approximate surface area is 132 Å². The zero-order chi connectivity index (χ0) is 16.4. The molecule has 1 heterocycles. The smallest absolute Gasteiger partial charge is 0.255 e. The highest BCUT2D eigenvalue weighted by Gasteiger charge is 2.17. The van der Waals surface area contributed by atoms with Gasteiger partial charge in [0.25, 0.3) is 5.91 Å². The average molecular weight is 316 g/mol. The van der Waals surface area contributed by atoms with Gasteiger partial charge in [-0.2, -0.15) is 0 Å². The van der Waals surface area contributed by atoms with Gasteiger partial charge in [0.1, 0.15) is 0 Å². The number of fused-ring (bicyclic) bond motifs is 1. The van der Waals surface area contributed by atoms with Gasteiger partial charge in [-0.1, -0.05) is 0 Å². The van der Waals surface area contributed by atoms with Gasteiger partial charge in [-0.3, -0.25) is 4.79 Å². The van der Waals surface area contributed by atoms with Crippen molar-refractivity contribution >= 4 is 17.3 Å². The van der Waals surface area contributed by atoms with E-state index in [-0.39, 0.29) is 12.7 Å². The van der Waals surface area contributed by atoms with Crippen LogP contribution in [0.15, 0.2) is 30.3 Å². The van der Waals surface area contributed by atoms with E-state index in [0.29, 0.717) is 39.9 Å². The van der Waals surface area contributed by atoms with Crippen molar-refractivity contribution in [1.29, 1.82) is 0 Å². The molecule has 0 saturated carbocycles. The van der Waals surface area contributed by atoms with Gasteiger partial charge in [0, 0.05) is 17.7 Å². The summed E-state index contributed by atoms with van der Waals surface area (Å²) in [7, 11) is 3.03. The lowest BCUT2D eigenvalue weighted by Crippen LogP contribution is -2.13. The fourth-order valence-electron chi connectivity index (χ4n) is 2.24. The van der Waals surface area contributed by atoms with Crippen LogP contribution in [0.1, 0.15) is 10.4 Å². The Kier molecular flexibility index (Phi) is 3.84. The van der Waals surface area contributed by atoms with Crippen molar-refractivity contribution in [3.05, 3.63) is 35.9 Å². The third-order valence-corrected chi connectivity index (χ3v) is 3.44. The normalized spacial score (nSPS) is 11.9. The summed E-state index contributed by atoms with van der Waals surface area (Å²) in [5.74, 6) is 1.81. The molecule has 1 amide bonds. The maximum atomic E-state index is 12.4. The van der Waals surface area contributed by atoms with Gasteiger partial charge in [0.2, 0.25) is 6.79 Å². The quantitative estimate of drug-likeness (QED) is 0.841. The van der Waals surface area contributed by atoms with Gasteiger partial charge < -0.3 is 30.0 Å². The zero-order valence-electron chi connectivity index (χ0n) is 12.7. The highest BCUT2D eigenvalue weighted by Crippen LogP contribution is 2.36. The third kappa shape index (κ3) is 2.80. The van der Waals surface area contributed by atoms with Crippen molar-refractivity contribution in [1.82, 2.24) is 0 Å². The molecule has 3 N–H and O–H groups in total. The number of carbonyl (C=O) groups excluding carboxylic acids is 1. The lowest BCUT2D eigenvalue weighted by molar-refractivity contribution is 0.102. The van der Waals surface area contributed by atoms with E-state index in [1.54, 1.807) is 30.3 Å². The standard InChI is InChI=1S/C16H16N2O5/c1-20-13-6-10(17)11(7-14(13)21-2)18-16(19)9-3-4-12-15(5-9)23-8-22-12/h3-7H,8,17H2,1-2H3,(H,18,19). The summed E-state index contributed by atoms with van der Waals surface area (Å²) in [6, 6.07) is 8.16. The molecule has 120 valence electrons. The number of amides is 1. The predicted molar refractivity (Wildman–Crippen MR) is 84.5 cm³/mol. The summed E-state index contributed by atoms with van der Waals surface area (Å²) in [5.41, 5.74) is 7.18. The minimum Gasteiger partial charge on any atom is -0.493 e. The SMILES string of the molecule is COc1cc(N)c(NC(=O)c2ccc3c(c2)OCO3)cc1OC. The molecule has 1 aliphatic heterocycles. The highest BCUT2D eigenvalue weighted by atomic mass is 16.7. The van der Waals surface area contributed by atoms with Crippen LogP contribution in [0.2, 0.25) is 0 Å². The van der Waals surface area contributed by atoms with E-state index in [1.165, 1.54) is 14.2 Å². The fourth-order valence-corrected chi connectivity index (χ4v) is 2.24. The number of nitrogens with one attached hydrogen (secondary N) is 1. The number of ether oxygens (including phenoxy) is 4. The molecule has 3 rings (SSSR count). The van der Waals surface area contributed by atoms with Gasteiger partial charge in [-0.15, -0.1) is 0 Å². The highest BCUT2D eigenvalue weighted by molar-refractivity contribution is 6.06. The summed E-state index contributed by atoms with van der Waals surface area (Å²) in [6.07, 6.45) is 0. The molecular formula is C16H16N2O5. The average Bonchev–Trinajstić information content (AvgIpc) is 3.03. The number of benzene rings is 2. The summed E-state index contributed by atoms with van der Waals surface area (Å²) in [5, 5.41) is 2.75. The maximum Gasteiger partial charge on any atom is 0.255 e. The lowest BCUT2D eigenvalue weighted by Gasteiger charge is -2.13. The van der Waals surface area contributed by atoms with Gasteiger partial charge in [0.05, 0.1) is 25.6 Å². The van der Waals surface area contributed by atoms with E-state index in [4.69, 9.17) is 24.7 Å². The Hall–Kier alpha value is -3.09. The van der Waals surface area contributed by atoms with E-state index < -0.39 is 0 Å². The lowest BCUT2D eigenvalue weighted by atomic mass is 10.1. The summed E-state index contributed by atoms with van der Waals surface area (Å²) >= 11 is 0. The molecule has 0 aliphatic carbocycles. The first kappa shape index (κ1) is 14.8. The summed E-state index contributed by atoms with van der Waals surface area (Å²) < 4.78 is 20.9. The van der Waals surface area contributed by atoms with Crippen molar-refractivity contribution < 1.29 is 23.7 Å². The molecule has 0 atom stereocenters. The van der Waals surface area contributed by atoms with Crippen LogP contribution in [0.25, 0.3) is 0 Å². The van der Waals surface area contributed by atoms with Crippen molar-refractivity contribution in [3.8, 4) is 23.0 Å². The Morgan fingerprint density at radius 2 is 1.78 bits per heavy atom. The van der Waals surface area contributed by atoms with Gasteiger partial charge >= 0.3 is 0 Å².